The lowest BCUT2D eigenvalue weighted by Crippen LogP contribution is -2.45. The van der Waals surface area contributed by atoms with Crippen LogP contribution in [0.1, 0.15) is 39.1 Å². The molecule has 2 amide bonds. The molecule has 8 heteroatoms. The third-order valence-corrected chi connectivity index (χ3v) is 6.55. The zero-order valence-corrected chi connectivity index (χ0v) is 21.1. The van der Waals surface area contributed by atoms with Gasteiger partial charge in [0.15, 0.2) is 11.5 Å². The van der Waals surface area contributed by atoms with Gasteiger partial charge in [-0.2, -0.15) is 0 Å². The molecule has 1 saturated heterocycles. The molecule has 37 heavy (non-hydrogen) atoms. The van der Waals surface area contributed by atoms with Gasteiger partial charge in [-0.05, 0) is 67.3 Å². The quantitative estimate of drug-likeness (QED) is 0.455. The van der Waals surface area contributed by atoms with Gasteiger partial charge in [0.25, 0.3) is 11.8 Å². The summed E-state index contributed by atoms with van der Waals surface area (Å²) in [6, 6.07) is 19.0. The number of carbonyl (C=O) groups is 2. The van der Waals surface area contributed by atoms with E-state index in [0.717, 1.165) is 24.1 Å². The van der Waals surface area contributed by atoms with E-state index in [2.05, 4.69) is 15.5 Å². The van der Waals surface area contributed by atoms with E-state index < -0.39 is 5.82 Å². The number of nitrogens with zero attached hydrogens (tertiary/aromatic N) is 1. The van der Waals surface area contributed by atoms with Gasteiger partial charge in [-0.1, -0.05) is 24.3 Å². The predicted octanol–water partition coefficient (Wildman–Crippen LogP) is 4.21. The molecule has 0 bridgehead atoms. The van der Waals surface area contributed by atoms with Crippen molar-refractivity contribution in [3.05, 3.63) is 89.2 Å². The fourth-order valence-corrected chi connectivity index (χ4v) is 4.56. The Kier molecular flexibility index (Phi) is 8.61. The number of halogens is 1. The number of hydrogen-bond acceptors (Lipinski definition) is 5. The van der Waals surface area contributed by atoms with Crippen LogP contribution in [-0.2, 0) is 6.42 Å². The van der Waals surface area contributed by atoms with Crippen molar-refractivity contribution >= 4 is 17.5 Å². The van der Waals surface area contributed by atoms with Crippen molar-refractivity contribution in [3.63, 3.8) is 0 Å². The second-order valence-corrected chi connectivity index (χ2v) is 8.96. The minimum atomic E-state index is -0.430. The second kappa shape index (κ2) is 12.3. The summed E-state index contributed by atoms with van der Waals surface area (Å²) in [4.78, 5) is 27.7. The summed E-state index contributed by atoms with van der Waals surface area (Å²) in [5.41, 5.74) is 2.85. The molecule has 0 aliphatic carbocycles. The standard InChI is InChI=1S/C29H32FN3O4/c1-36-26-11-10-20(18-27(26)37-2)12-15-31-29(35)24-8-3-4-9-25(24)33-16-13-23(14-17-33)32-28(34)21-6-5-7-22(30)19-21/h3-11,18-19,23H,12-17H2,1-2H3,(H,31,35)(H,32,34). The zero-order valence-electron chi connectivity index (χ0n) is 21.1. The molecule has 1 fully saturated rings. The van der Waals surface area contributed by atoms with Crippen LogP contribution < -0.4 is 25.0 Å². The van der Waals surface area contributed by atoms with Crippen molar-refractivity contribution in [3.8, 4) is 11.5 Å². The first-order chi connectivity index (χ1) is 18.0. The fraction of sp³-hybridized carbons (Fsp3) is 0.310. The van der Waals surface area contributed by atoms with Crippen LogP contribution >= 0.6 is 0 Å². The molecule has 1 heterocycles. The zero-order chi connectivity index (χ0) is 26.2. The number of carbonyl (C=O) groups excluding carboxylic acids is 2. The number of rotatable bonds is 9. The average Bonchev–Trinajstić information content (AvgIpc) is 2.93. The SMILES string of the molecule is COc1ccc(CCNC(=O)c2ccccc2N2CCC(NC(=O)c3cccc(F)c3)CC2)cc1OC. The number of ether oxygens (including phenoxy) is 2. The molecular weight excluding hydrogens is 473 g/mol. The Morgan fingerprint density at radius 2 is 1.68 bits per heavy atom. The monoisotopic (exact) mass is 505 g/mol. The van der Waals surface area contributed by atoms with E-state index in [-0.39, 0.29) is 17.9 Å². The number of methoxy groups -OCH3 is 2. The number of amides is 2. The van der Waals surface area contributed by atoms with Crippen LogP contribution in [0.2, 0.25) is 0 Å². The van der Waals surface area contributed by atoms with Crippen LogP contribution in [0.3, 0.4) is 0 Å². The Morgan fingerprint density at radius 3 is 2.41 bits per heavy atom. The first-order valence-corrected chi connectivity index (χ1v) is 12.4. The van der Waals surface area contributed by atoms with Gasteiger partial charge in [0.1, 0.15) is 5.82 Å². The summed E-state index contributed by atoms with van der Waals surface area (Å²) in [5.74, 6) is 0.500. The summed E-state index contributed by atoms with van der Waals surface area (Å²) in [5, 5.41) is 6.03. The highest BCUT2D eigenvalue weighted by atomic mass is 19.1. The lowest BCUT2D eigenvalue weighted by Gasteiger charge is -2.35. The molecule has 4 rings (SSSR count). The number of anilines is 1. The Bertz CT molecular complexity index is 1240. The molecule has 0 aromatic heterocycles. The number of piperidine rings is 1. The van der Waals surface area contributed by atoms with E-state index in [1.165, 1.54) is 18.2 Å². The lowest BCUT2D eigenvalue weighted by molar-refractivity contribution is 0.0929. The maximum Gasteiger partial charge on any atom is 0.253 e. The topological polar surface area (TPSA) is 79.9 Å². The van der Waals surface area contributed by atoms with Crippen molar-refractivity contribution in [2.45, 2.75) is 25.3 Å². The number of para-hydroxylation sites is 1. The molecule has 194 valence electrons. The highest BCUT2D eigenvalue weighted by Crippen LogP contribution is 2.28. The normalized spacial score (nSPS) is 13.6. The molecule has 0 radical (unpaired) electrons. The van der Waals surface area contributed by atoms with Crippen LogP contribution in [0.25, 0.3) is 0 Å². The largest absolute Gasteiger partial charge is 0.493 e. The maximum atomic E-state index is 13.4. The highest BCUT2D eigenvalue weighted by Gasteiger charge is 2.24. The molecule has 0 spiro atoms. The predicted molar refractivity (Wildman–Crippen MR) is 141 cm³/mol. The van der Waals surface area contributed by atoms with E-state index in [4.69, 9.17) is 9.47 Å². The first kappa shape index (κ1) is 26.0. The maximum absolute atomic E-state index is 13.4. The molecule has 1 aliphatic heterocycles. The summed E-state index contributed by atoms with van der Waals surface area (Å²) >= 11 is 0. The van der Waals surface area contributed by atoms with Crippen LogP contribution in [0, 0.1) is 5.82 Å². The third kappa shape index (κ3) is 6.58. The van der Waals surface area contributed by atoms with Crippen LogP contribution in [0.15, 0.2) is 66.7 Å². The molecule has 0 atom stereocenters. The summed E-state index contributed by atoms with van der Waals surface area (Å²) in [7, 11) is 3.20. The van der Waals surface area contributed by atoms with Crippen molar-refractivity contribution in [1.29, 1.82) is 0 Å². The average molecular weight is 506 g/mol. The second-order valence-electron chi connectivity index (χ2n) is 8.96. The van der Waals surface area contributed by atoms with Crippen LogP contribution in [0.5, 0.6) is 11.5 Å². The van der Waals surface area contributed by atoms with E-state index in [0.29, 0.717) is 48.7 Å². The fourth-order valence-electron chi connectivity index (χ4n) is 4.56. The molecule has 1 aliphatic rings. The molecule has 7 nitrogen and oxygen atoms in total. The van der Waals surface area contributed by atoms with Gasteiger partial charge in [0, 0.05) is 36.9 Å². The van der Waals surface area contributed by atoms with E-state index >= 15 is 0 Å². The number of hydrogen-bond donors (Lipinski definition) is 2. The van der Waals surface area contributed by atoms with E-state index in [1.54, 1.807) is 20.3 Å². The minimum Gasteiger partial charge on any atom is -0.493 e. The van der Waals surface area contributed by atoms with Gasteiger partial charge in [-0.25, -0.2) is 4.39 Å². The molecule has 2 N–H and O–H groups in total. The Labute approximate surface area is 216 Å². The van der Waals surface area contributed by atoms with Crippen LogP contribution in [-0.4, -0.2) is 51.7 Å². The summed E-state index contributed by atoms with van der Waals surface area (Å²) < 4.78 is 24.1. The van der Waals surface area contributed by atoms with Gasteiger partial charge in [0.05, 0.1) is 19.8 Å². The highest BCUT2D eigenvalue weighted by molar-refractivity contribution is 6.00. The molecule has 3 aromatic carbocycles. The van der Waals surface area contributed by atoms with E-state index in [1.807, 2.05) is 42.5 Å². The van der Waals surface area contributed by atoms with Crippen molar-refractivity contribution in [1.82, 2.24) is 10.6 Å². The van der Waals surface area contributed by atoms with Gasteiger partial charge >= 0.3 is 0 Å². The third-order valence-electron chi connectivity index (χ3n) is 6.55. The van der Waals surface area contributed by atoms with Crippen LogP contribution in [0.4, 0.5) is 10.1 Å². The summed E-state index contributed by atoms with van der Waals surface area (Å²) in [6.45, 7) is 1.88. The molecule has 0 saturated carbocycles. The van der Waals surface area contributed by atoms with Gasteiger partial charge < -0.3 is 25.0 Å². The molecule has 0 unspecified atom stereocenters. The van der Waals surface area contributed by atoms with Crippen molar-refractivity contribution in [2.75, 3.05) is 38.8 Å². The van der Waals surface area contributed by atoms with Crippen molar-refractivity contribution in [2.24, 2.45) is 0 Å². The Balaban J connectivity index is 1.31. The Hall–Kier alpha value is -4.07. The Morgan fingerprint density at radius 1 is 0.919 bits per heavy atom. The van der Waals surface area contributed by atoms with E-state index in [9.17, 15) is 14.0 Å². The number of benzene rings is 3. The lowest BCUT2D eigenvalue weighted by atomic mass is 10.0. The minimum absolute atomic E-state index is 0.00510. The number of nitrogens with one attached hydrogen (secondary N) is 2. The van der Waals surface area contributed by atoms with Gasteiger partial charge in [0.2, 0.25) is 0 Å². The van der Waals surface area contributed by atoms with Crippen molar-refractivity contribution < 1.29 is 23.5 Å². The smallest absolute Gasteiger partial charge is 0.253 e. The molecular formula is C29H32FN3O4. The molecule has 3 aromatic rings. The first-order valence-electron chi connectivity index (χ1n) is 12.4. The van der Waals surface area contributed by atoms with Gasteiger partial charge in [-0.15, -0.1) is 0 Å². The van der Waals surface area contributed by atoms with Gasteiger partial charge in [-0.3, -0.25) is 9.59 Å². The summed E-state index contributed by atoms with van der Waals surface area (Å²) in [6.07, 6.45) is 2.12.